The molecule has 22 heavy (non-hydrogen) atoms. The van der Waals surface area contributed by atoms with Crippen LogP contribution >= 0.6 is 0 Å². The molecule has 1 amide bonds. The molecule has 1 fully saturated rings. The largest absolute Gasteiger partial charge is 0.465 e. The van der Waals surface area contributed by atoms with Crippen LogP contribution in [0.4, 0.5) is 5.82 Å². The number of piperidine rings is 1. The van der Waals surface area contributed by atoms with Crippen LogP contribution in [0.1, 0.15) is 24.3 Å². The molecule has 0 radical (unpaired) electrons. The third kappa shape index (κ3) is 3.58. The van der Waals surface area contributed by atoms with Crippen LogP contribution in [-0.4, -0.2) is 35.2 Å². The summed E-state index contributed by atoms with van der Waals surface area (Å²) in [5, 5.41) is 10.3. The number of carbonyl (C=O) groups excluding carboxylic acids is 1. The van der Waals surface area contributed by atoms with Gasteiger partial charge in [0.25, 0.3) is 0 Å². The molecule has 2 aromatic heterocycles. The smallest absolute Gasteiger partial charge is 0.244 e. The van der Waals surface area contributed by atoms with Crippen LogP contribution < -0.4 is 10.2 Å². The van der Waals surface area contributed by atoms with Gasteiger partial charge >= 0.3 is 0 Å². The second kappa shape index (κ2) is 6.51. The fourth-order valence-corrected chi connectivity index (χ4v) is 2.61. The van der Waals surface area contributed by atoms with Gasteiger partial charge in [-0.1, -0.05) is 0 Å². The Morgan fingerprint density at radius 1 is 1.50 bits per heavy atom. The predicted molar refractivity (Wildman–Crippen MR) is 84.4 cm³/mol. The van der Waals surface area contributed by atoms with Gasteiger partial charge in [-0.2, -0.15) is 5.10 Å². The van der Waals surface area contributed by atoms with Gasteiger partial charge in [-0.15, -0.1) is 0 Å². The molecule has 0 saturated carbocycles. The topological polar surface area (TPSA) is 74.2 Å². The number of H-pyrrole nitrogens is 1. The maximum absolute atomic E-state index is 11.9. The van der Waals surface area contributed by atoms with E-state index in [1.165, 1.54) is 6.08 Å². The maximum atomic E-state index is 11.9. The Bertz CT molecular complexity index is 637. The molecule has 116 valence electrons. The van der Waals surface area contributed by atoms with Crippen molar-refractivity contribution >= 4 is 17.8 Å². The van der Waals surface area contributed by atoms with Gasteiger partial charge in [-0.05, 0) is 38.0 Å². The van der Waals surface area contributed by atoms with E-state index < -0.39 is 0 Å². The molecule has 0 unspecified atom stereocenters. The third-order valence-corrected chi connectivity index (χ3v) is 3.80. The zero-order valence-corrected chi connectivity index (χ0v) is 12.6. The number of carbonyl (C=O) groups is 1. The molecule has 1 aliphatic heterocycles. The van der Waals surface area contributed by atoms with Crippen molar-refractivity contribution in [3.8, 4) is 0 Å². The molecule has 2 aromatic rings. The van der Waals surface area contributed by atoms with Crippen LogP contribution in [0, 0.1) is 6.92 Å². The Morgan fingerprint density at radius 2 is 2.32 bits per heavy atom. The van der Waals surface area contributed by atoms with E-state index in [1.54, 1.807) is 18.4 Å². The number of aromatic amines is 1. The van der Waals surface area contributed by atoms with Gasteiger partial charge in [0, 0.05) is 37.0 Å². The van der Waals surface area contributed by atoms with Gasteiger partial charge in [0.2, 0.25) is 5.91 Å². The molecule has 6 nitrogen and oxygen atoms in total. The maximum Gasteiger partial charge on any atom is 0.244 e. The summed E-state index contributed by atoms with van der Waals surface area (Å²) in [6.07, 6.45) is 6.63. The van der Waals surface area contributed by atoms with Gasteiger partial charge in [0.1, 0.15) is 5.76 Å². The lowest BCUT2D eigenvalue weighted by Gasteiger charge is -2.32. The van der Waals surface area contributed by atoms with E-state index in [4.69, 9.17) is 4.42 Å². The number of anilines is 1. The molecular weight excluding hydrogens is 280 g/mol. The fraction of sp³-hybridized carbons (Fsp3) is 0.375. The van der Waals surface area contributed by atoms with Crippen molar-refractivity contribution in [2.75, 3.05) is 18.0 Å². The van der Waals surface area contributed by atoms with E-state index in [-0.39, 0.29) is 11.9 Å². The lowest BCUT2D eigenvalue weighted by Crippen LogP contribution is -2.44. The average molecular weight is 300 g/mol. The Balaban J connectivity index is 1.46. The summed E-state index contributed by atoms with van der Waals surface area (Å²) >= 11 is 0. The molecule has 0 aliphatic carbocycles. The number of nitrogens with zero attached hydrogens (tertiary/aromatic N) is 2. The lowest BCUT2D eigenvalue weighted by molar-refractivity contribution is -0.117. The Morgan fingerprint density at radius 3 is 2.95 bits per heavy atom. The molecule has 0 aromatic carbocycles. The second-order valence-electron chi connectivity index (χ2n) is 5.53. The molecule has 2 N–H and O–H groups in total. The Kier molecular flexibility index (Phi) is 4.27. The summed E-state index contributed by atoms with van der Waals surface area (Å²) in [5.74, 6) is 1.59. The molecule has 1 saturated heterocycles. The highest BCUT2D eigenvalue weighted by atomic mass is 16.3. The predicted octanol–water partition coefficient (Wildman–Crippen LogP) is 2.11. The molecule has 0 spiro atoms. The van der Waals surface area contributed by atoms with Crippen molar-refractivity contribution in [1.29, 1.82) is 0 Å². The molecule has 0 bridgehead atoms. The van der Waals surface area contributed by atoms with Crippen molar-refractivity contribution in [3.63, 3.8) is 0 Å². The van der Waals surface area contributed by atoms with Crippen molar-refractivity contribution in [2.24, 2.45) is 0 Å². The lowest BCUT2D eigenvalue weighted by atomic mass is 10.1. The quantitative estimate of drug-likeness (QED) is 0.848. The number of nitrogens with one attached hydrogen (secondary N) is 2. The van der Waals surface area contributed by atoms with Crippen LogP contribution in [-0.2, 0) is 4.79 Å². The summed E-state index contributed by atoms with van der Waals surface area (Å²) in [6.45, 7) is 3.79. The first-order chi connectivity index (χ1) is 10.7. The Hall–Kier alpha value is -2.50. The van der Waals surface area contributed by atoms with E-state index in [1.807, 2.05) is 19.1 Å². The van der Waals surface area contributed by atoms with Crippen LogP contribution in [0.25, 0.3) is 6.08 Å². The molecule has 6 heteroatoms. The third-order valence-electron chi connectivity index (χ3n) is 3.80. The highest BCUT2D eigenvalue weighted by Gasteiger charge is 2.21. The van der Waals surface area contributed by atoms with Crippen molar-refractivity contribution < 1.29 is 9.21 Å². The summed E-state index contributed by atoms with van der Waals surface area (Å²) in [5.41, 5.74) is 1.06. The van der Waals surface area contributed by atoms with Gasteiger partial charge in [0.15, 0.2) is 5.82 Å². The first-order valence-electron chi connectivity index (χ1n) is 7.50. The van der Waals surface area contributed by atoms with Crippen molar-refractivity contribution in [2.45, 2.75) is 25.8 Å². The van der Waals surface area contributed by atoms with Crippen LogP contribution in [0.15, 0.2) is 35.0 Å². The number of aromatic nitrogens is 2. The van der Waals surface area contributed by atoms with Crippen molar-refractivity contribution in [3.05, 3.63) is 42.0 Å². The number of hydrogen-bond acceptors (Lipinski definition) is 4. The van der Waals surface area contributed by atoms with Gasteiger partial charge in [-0.3, -0.25) is 9.89 Å². The van der Waals surface area contributed by atoms with Crippen LogP contribution in [0.3, 0.4) is 0 Å². The van der Waals surface area contributed by atoms with Gasteiger partial charge < -0.3 is 14.6 Å². The van der Waals surface area contributed by atoms with E-state index in [9.17, 15) is 4.79 Å². The summed E-state index contributed by atoms with van der Waals surface area (Å²) in [7, 11) is 0. The number of amides is 1. The summed E-state index contributed by atoms with van der Waals surface area (Å²) < 4.78 is 5.16. The van der Waals surface area contributed by atoms with Crippen molar-refractivity contribution in [1.82, 2.24) is 15.5 Å². The Labute approximate surface area is 129 Å². The van der Waals surface area contributed by atoms with Crippen LogP contribution in [0.2, 0.25) is 0 Å². The van der Waals surface area contributed by atoms with E-state index in [2.05, 4.69) is 20.4 Å². The molecule has 3 rings (SSSR count). The number of rotatable bonds is 4. The highest BCUT2D eigenvalue weighted by molar-refractivity contribution is 5.91. The minimum atomic E-state index is -0.0783. The monoisotopic (exact) mass is 300 g/mol. The zero-order chi connectivity index (χ0) is 15.4. The van der Waals surface area contributed by atoms with E-state index in [0.717, 1.165) is 37.4 Å². The van der Waals surface area contributed by atoms with Gasteiger partial charge in [0.05, 0.1) is 6.26 Å². The van der Waals surface area contributed by atoms with Crippen LogP contribution in [0.5, 0.6) is 0 Å². The minimum absolute atomic E-state index is 0.0783. The molecule has 0 atom stereocenters. The normalized spacial score (nSPS) is 16.3. The average Bonchev–Trinajstić information content (AvgIpc) is 3.17. The van der Waals surface area contributed by atoms with E-state index in [0.29, 0.717) is 5.76 Å². The first kappa shape index (κ1) is 14.4. The first-order valence-corrected chi connectivity index (χ1v) is 7.50. The molecule has 1 aliphatic rings. The zero-order valence-electron chi connectivity index (χ0n) is 12.6. The minimum Gasteiger partial charge on any atom is -0.465 e. The SMILES string of the molecule is Cc1cc(N2CCC(NC(=O)C=Cc3ccco3)CC2)n[nH]1. The standard InChI is InChI=1S/C16H20N4O2/c1-12-11-15(19-18-12)20-8-6-13(7-9-20)17-16(21)5-4-14-3-2-10-22-14/h2-5,10-11,13H,6-9H2,1H3,(H,17,21)(H,18,19). The number of furan rings is 1. The molecular formula is C16H20N4O2. The fourth-order valence-electron chi connectivity index (χ4n) is 2.61. The summed E-state index contributed by atoms with van der Waals surface area (Å²) in [6, 6.07) is 5.87. The number of aryl methyl sites for hydroxylation is 1. The highest BCUT2D eigenvalue weighted by Crippen LogP contribution is 2.18. The summed E-state index contributed by atoms with van der Waals surface area (Å²) in [4.78, 5) is 14.1. The molecule has 3 heterocycles. The second-order valence-corrected chi connectivity index (χ2v) is 5.53. The number of hydrogen-bond donors (Lipinski definition) is 2. The van der Waals surface area contributed by atoms with E-state index >= 15 is 0 Å². The van der Waals surface area contributed by atoms with Gasteiger partial charge in [-0.25, -0.2) is 0 Å².